The van der Waals surface area contributed by atoms with Crippen LogP contribution in [0.2, 0.25) is 0 Å². The Kier molecular flexibility index (Phi) is 3.54. The van der Waals surface area contributed by atoms with Crippen molar-refractivity contribution in [3.63, 3.8) is 0 Å². The van der Waals surface area contributed by atoms with Gasteiger partial charge in [0.15, 0.2) is 0 Å². The van der Waals surface area contributed by atoms with E-state index in [-0.39, 0.29) is 17.5 Å². The molecule has 100 valence electrons. The van der Waals surface area contributed by atoms with Gasteiger partial charge in [-0.2, -0.15) is 5.10 Å². The van der Waals surface area contributed by atoms with Crippen LogP contribution in [-0.4, -0.2) is 14.7 Å². The van der Waals surface area contributed by atoms with E-state index in [1.807, 2.05) is 0 Å². The van der Waals surface area contributed by atoms with Crippen LogP contribution in [0.25, 0.3) is 0 Å². The number of aromatic nitrogens is 2. The van der Waals surface area contributed by atoms with Gasteiger partial charge in [0, 0.05) is 0 Å². The number of aryl methyl sites for hydroxylation is 1. The van der Waals surface area contributed by atoms with E-state index in [2.05, 4.69) is 12.0 Å². The molecule has 0 spiro atoms. The second-order valence-electron chi connectivity index (χ2n) is 5.29. The van der Waals surface area contributed by atoms with Crippen LogP contribution < -0.4 is 5.73 Å². The number of hydrogen-bond acceptors (Lipinski definition) is 4. The normalized spacial score (nSPS) is 24.8. The Bertz CT molecular complexity index is 455. The van der Waals surface area contributed by atoms with Gasteiger partial charge in [-0.15, -0.1) is 0 Å². The minimum atomic E-state index is -0.437. The Balaban J connectivity index is 2.28. The molecule has 0 radical (unpaired) electrons. The molecule has 1 saturated carbocycles. The summed E-state index contributed by atoms with van der Waals surface area (Å²) in [6, 6.07) is 0.211. The molecule has 2 unspecified atom stereocenters. The lowest BCUT2D eigenvalue weighted by molar-refractivity contribution is -0.384. The van der Waals surface area contributed by atoms with Crippen LogP contribution in [-0.2, 0) is 0 Å². The number of rotatable bonds is 2. The molecular formula is C12H20N4O2. The molecule has 0 aliphatic heterocycles. The van der Waals surface area contributed by atoms with E-state index in [9.17, 15) is 10.1 Å². The van der Waals surface area contributed by atoms with Crippen LogP contribution in [0.1, 0.15) is 50.8 Å². The molecule has 1 aliphatic carbocycles. The number of anilines is 1. The third-order valence-electron chi connectivity index (χ3n) is 3.85. The summed E-state index contributed by atoms with van der Waals surface area (Å²) in [6.07, 6.45) is 5.50. The average Bonchev–Trinajstić information content (AvgIpc) is 2.47. The number of nitrogens with zero attached hydrogens (tertiary/aromatic N) is 3. The second kappa shape index (κ2) is 4.96. The van der Waals surface area contributed by atoms with Gasteiger partial charge in [0.1, 0.15) is 5.69 Å². The smallest absolute Gasteiger partial charge is 0.333 e. The fourth-order valence-electron chi connectivity index (χ4n) is 2.77. The molecule has 1 aromatic rings. The van der Waals surface area contributed by atoms with Crippen LogP contribution in [0, 0.1) is 23.0 Å². The summed E-state index contributed by atoms with van der Waals surface area (Å²) in [5.74, 6) is 0.930. The zero-order chi connectivity index (χ0) is 13.3. The maximum atomic E-state index is 10.9. The highest BCUT2D eigenvalue weighted by Gasteiger charge is 2.27. The third kappa shape index (κ3) is 2.32. The van der Waals surface area contributed by atoms with Crippen molar-refractivity contribution < 1.29 is 4.92 Å². The summed E-state index contributed by atoms with van der Waals surface area (Å²) in [6.45, 7) is 3.90. The van der Waals surface area contributed by atoms with E-state index in [0.29, 0.717) is 5.69 Å². The molecule has 6 heteroatoms. The van der Waals surface area contributed by atoms with Gasteiger partial charge in [-0.25, -0.2) is 4.68 Å². The second-order valence-corrected chi connectivity index (χ2v) is 5.29. The van der Waals surface area contributed by atoms with Gasteiger partial charge in [0.2, 0.25) is 5.82 Å². The van der Waals surface area contributed by atoms with Crippen molar-refractivity contribution in [1.82, 2.24) is 9.78 Å². The molecule has 0 amide bonds. The monoisotopic (exact) mass is 252 g/mol. The average molecular weight is 252 g/mol. The van der Waals surface area contributed by atoms with Crippen molar-refractivity contribution in [2.45, 2.75) is 52.0 Å². The first-order valence-electron chi connectivity index (χ1n) is 6.49. The Morgan fingerprint density at radius 1 is 1.39 bits per heavy atom. The fourth-order valence-corrected chi connectivity index (χ4v) is 2.77. The molecule has 2 atom stereocenters. The molecule has 1 aromatic heterocycles. The molecule has 2 N–H and O–H groups in total. The lowest BCUT2D eigenvalue weighted by Crippen LogP contribution is -2.13. The minimum absolute atomic E-state index is 0.0349. The molecule has 1 aliphatic rings. The maximum absolute atomic E-state index is 10.9. The Labute approximate surface area is 106 Å². The van der Waals surface area contributed by atoms with Crippen molar-refractivity contribution in [3.05, 3.63) is 15.8 Å². The number of nitrogens with two attached hydrogens (primary N) is 1. The van der Waals surface area contributed by atoms with E-state index in [4.69, 9.17) is 5.73 Å². The predicted octanol–water partition coefficient (Wildman–Crippen LogP) is 2.82. The fraction of sp³-hybridized carbons (Fsp3) is 0.750. The summed E-state index contributed by atoms with van der Waals surface area (Å²) in [7, 11) is 0. The van der Waals surface area contributed by atoms with Crippen molar-refractivity contribution in [2.24, 2.45) is 5.92 Å². The quantitative estimate of drug-likeness (QED) is 0.498. The van der Waals surface area contributed by atoms with Crippen molar-refractivity contribution in [3.8, 4) is 0 Å². The Morgan fingerprint density at radius 3 is 2.72 bits per heavy atom. The zero-order valence-electron chi connectivity index (χ0n) is 10.9. The third-order valence-corrected chi connectivity index (χ3v) is 3.85. The van der Waals surface area contributed by atoms with Gasteiger partial charge < -0.3 is 5.73 Å². The Hall–Kier alpha value is -1.59. The maximum Gasteiger partial charge on any atom is 0.333 e. The minimum Gasteiger partial charge on any atom is -0.378 e. The first-order valence-corrected chi connectivity index (χ1v) is 6.49. The van der Waals surface area contributed by atoms with Gasteiger partial charge in [-0.3, -0.25) is 10.1 Å². The highest BCUT2D eigenvalue weighted by atomic mass is 16.6. The molecule has 2 rings (SSSR count). The van der Waals surface area contributed by atoms with E-state index in [1.165, 1.54) is 6.42 Å². The van der Waals surface area contributed by atoms with Crippen LogP contribution >= 0.6 is 0 Å². The van der Waals surface area contributed by atoms with Gasteiger partial charge in [0.25, 0.3) is 0 Å². The highest BCUT2D eigenvalue weighted by molar-refractivity contribution is 5.56. The van der Waals surface area contributed by atoms with Crippen LogP contribution in [0.3, 0.4) is 0 Å². The summed E-state index contributed by atoms with van der Waals surface area (Å²) in [5.41, 5.74) is 6.26. The molecule has 0 saturated heterocycles. The lowest BCUT2D eigenvalue weighted by atomic mass is 10.0. The van der Waals surface area contributed by atoms with Crippen LogP contribution in [0.5, 0.6) is 0 Å². The molecule has 18 heavy (non-hydrogen) atoms. The SMILES string of the molecule is Cc1nn(C2CCCC(C)CC2)c(N)c1[N+](=O)[O-]. The first-order chi connectivity index (χ1) is 8.50. The van der Waals surface area contributed by atoms with E-state index < -0.39 is 4.92 Å². The largest absolute Gasteiger partial charge is 0.378 e. The van der Waals surface area contributed by atoms with E-state index >= 15 is 0 Å². The van der Waals surface area contributed by atoms with Crippen molar-refractivity contribution in [2.75, 3.05) is 5.73 Å². The Morgan fingerprint density at radius 2 is 2.11 bits per heavy atom. The molecule has 1 heterocycles. The summed E-state index contributed by atoms with van der Waals surface area (Å²) >= 11 is 0. The molecule has 0 bridgehead atoms. The van der Waals surface area contributed by atoms with Crippen LogP contribution in [0.4, 0.5) is 11.5 Å². The van der Waals surface area contributed by atoms with E-state index in [0.717, 1.165) is 31.6 Å². The van der Waals surface area contributed by atoms with Gasteiger partial charge in [0.05, 0.1) is 11.0 Å². The topological polar surface area (TPSA) is 87.0 Å². The van der Waals surface area contributed by atoms with E-state index in [1.54, 1.807) is 11.6 Å². The molecule has 1 fully saturated rings. The lowest BCUT2D eigenvalue weighted by Gasteiger charge is -2.15. The summed E-state index contributed by atoms with van der Waals surface area (Å²) in [5, 5.41) is 15.2. The van der Waals surface area contributed by atoms with Crippen LogP contribution in [0.15, 0.2) is 0 Å². The number of hydrogen-bond donors (Lipinski definition) is 1. The van der Waals surface area contributed by atoms with Gasteiger partial charge in [-0.1, -0.05) is 19.8 Å². The van der Waals surface area contributed by atoms with Gasteiger partial charge in [-0.05, 0) is 32.1 Å². The molecule has 0 aromatic carbocycles. The molecule has 6 nitrogen and oxygen atoms in total. The number of nitrogen functional groups attached to an aromatic ring is 1. The highest BCUT2D eigenvalue weighted by Crippen LogP contribution is 2.35. The molecular weight excluding hydrogens is 232 g/mol. The van der Waals surface area contributed by atoms with Gasteiger partial charge >= 0.3 is 5.69 Å². The standard InChI is InChI=1S/C12H20N4O2/c1-8-4-3-5-10(7-6-8)15-12(13)11(16(17)18)9(2)14-15/h8,10H,3-7,13H2,1-2H3. The summed E-state index contributed by atoms with van der Waals surface area (Å²) in [4.78, 5) is 10.5. The zero-order valence-corrected chi connectivity index (χ0v) is 10.9. The first kappa shape index (κ1) is 12.9. The number of nitro groups is 1. The summed E-state index contributed by atoms with van der Waals surface area (Å²) < 4.78 is 1.67. The van der Waals surface area contributed by atoms with Crippen molar-refractivity contribution in [1.29, 1.82) is 0 Å². The predicted molar refractivity (Wildman–Crippen MR) is 69.3 cm³/mol. The van der Waals surface area contributed by atoms with Crippen molar-refractivity contribution >= 4 is 11.5 Å².